The molecule has 0 fully saturated rings. The molecule has 0 aliphatic rings. The predicted octanol–water partition coefficient (Wildman–Crippen LogP) is 1.53. The van der Waals surface area contributed by atoms with Gasteiger partial charge in [-0.05, 0) is 27.7 Å². The lowest BCUT2D eigenvalue weighted by Crippen LogP contribution is -2.27. The van der Waals surface area contributed by atoms with Crippen LogP contribution in [0.25, 0.3) is 0 Å². The highest BCUT2D eigenvalue weighted by Gasteiger charge is 2.14. The molecule has 0 aliphatic carbocycles. The minimum Gasteiger partial charge on any atom is -0.361 e. The van der Waals surface area contributed by atoms with E-state index in [0.717, 1.165) is 17.1 Å². The second kappa shape index (κ2) is 5.36. The topological polar surface area (TPSA) is 83.8 Å². The number of nitrogens with zero attached hydrogens (tertiary/aromatic N) is 2. The summed E-state index contributed by atoms with van der Waals surface area (Å²) in [4.78, 5) is 19.0. The van der Waals surface area contributed by atoms with Gasteiger partial charge < -0.3 is 14.8 Å². The van der Waals surface area contributed by atoms with Crippen LogP contribution in [-0.4, -0.2) is 15.1 Å². The first-order valence-electron chi connectivity index (χ1n) is 6.20. The molecule has 0 radical (unpaired) electrons. The van der Waals surface area contributed by atoms with Crippen molar-refractivity contribution in [3.63, 3.8) is 0 Å². The third-order valence-corrected chi connectivity index (χ3v) is 2.96. The van der Waals surface area contributed by atoms with Crippen molar-refractivity contribution in [2.24, 2.45) is 0 Å². The molecule has 1 atom stereocenters. The summed E-state index contributed by atoms with van der Waals surface area (Å²) in [6.07, 6.45) is 0. The summed E-state index contributed by atoms with van der Waals surface area (Å²) in [5.41, 5.74) is 2.13. The molecule has 2 N–H and O–H groups in total. The standard InChI is InChI=1S/C13H18N4O2/c1-7-5-11(17-19-7)6-14-8(2)12-9(3)15-10(4)16-13(12)18/h5,8,14H,6H2,1-4H3,(H,15,16,18). The Morgan fingerprint density at radius 1 is 1.42 bits per heavy atom. The molecule has 2 rings (SSSR count). The van der Waals surface area contributed by atoms with E-state index in [0.29, 0.717) is 17.9 Å². The fourth-order valence-corrected chi connectivity index (χ4v) is 2.11. The van der Waals surface area contributed by atoms with Crippen molar-refractivity contribution in [1.29, 1.82) is 0 Å². The number of rotatable bonds is 4. The van der Waals surface area contributed by atoms with Gasteiger partial charge in [-0.2, -0.15) is 0 Å². The molecule has 1 unspecified atom stereocenters. The van der Waals surface area contributed by atoms with Gasteiger partial charge >= 0.3 is 0 Å². The lowest BCUT2D eigenvalue weighted by atomic mass is 10.1. The van der Waals surface area contributed by atoms with Crippen LogP contribution >= 0.6 is 0 Å². The first-order valence-corrected chi connectivity index (χ1v) is 6.20. The Kier molecular flexibility index (Phi) is 3.80. The first-order chi connectivity index (χ1) is 8.97. The zero-order chi connectivity index (χ0) is 14.0. The summed E-state index contributed by atoms with van der Waals surface area (Å²) in [5.74, 6) is 1.40. The highest BCUT2D eigenvalue weighted by molar-refractivity contribution is 5.20. The van der Waals surface area contributed by atoms with E-state index >= 15 is 0 Å². The molecule has 0 aromatic carbocycles. The number of hydrogen-bond acceptors (Lipinski definition) is 5. The van der Waals surface area contributed by atoms with Gasteiger partial charge in [0, 0.05) is 24.3 Å². The van der Waals surface area contributed by atoms with Crippen molar-refractivity contribution in [1.82, 2.24) is 20.4 Å². The molecule has 0 bridgehead atoms. The summed E-state index contributed by atoms with van der Waals surface area (Å²) in [5, 5.41) is 7.15. The van der Waals surface area contributed by atoms with E-state index in [2.05, 4.69) is 20.4 Å². The van der Waals surface area contributed by atoms with E-state index in [1.54, 1.807) is 6.92 Å². The predicted molar refractivity (Wildman–Crippen MR) is 70.8 cm³/mol. The van der Waals surface area contributed by atoms with Gasteiger partial charge in [-0.15, -0.1) is 0 Å². The van der Waals surface area contributed by atoms with Crippen LogP contribution in [0.4, 0.5) is 0 Å². The Morgan fingerprint density at radius 3 is 2.74 bits per heavy atom. The van der Waals surface area contributed by atoms with Gasteiger partial charge in [-0.25, -0.2) is 4.98 Å². The second-order valence-electron chi connectivity index (χ2n) is 4.68. The molecule has 0 amide bonds. The number of aromatic amines is 1. The number of aromatic nitrogens is 3. The zero-order valence-electron chi connectivity index (χ0n) is 11.6. The smallest absolute Gasteiger partial charge is 0.255 e. The maximum atomic E-state index is 11.9. The Morgan fingerprint density at radius 2 is 2.16 bits per heavy atom. The van der Waals surface area contributed by atoms with E-state index in [4.69, 9.17) is 4.52 Å². The van der Waals surface area contributed by atoms with Crippen LogP contribution in [-0.2, 0) is 6.54 Å². The van der Waals surface area contributed by atoms with E-state index in [1.807, 2.05) is 26.8 Å². The lowest BCUT2D eigenvalue weighted by Gasteiger charge is -2.14. The van der Waals surface area contributed by atoms with E-state index in [1.165, 1.54) is 0 Å². The van der Waals surface area contributed by atoms with Gasteiger partial charge in [0.15, 0.2) is 0 Å². The van der Waals surface area contributed by atoms with Gasteiger partial charge in [0.2, 0.25) is 0 Å². The fourth-order valence-electron chi connectivity index (χ4n) is 2.11. The van der Waals surface area contributed by atoms with Crippen LogP contribution in [0.5, 0.6) is 0 Å². The molecule has 2 aromatic rings. The maximum absolute atomic E-state index is 11.9. The largest absolute Gasteiger partial charge is 0.361 e. The SMILES string of the molecule is Cc1nc(C)c(C(C)NCc2cc(C)on2)c(=O)[nH]1. The molecule has 0 aliphatic heterocycles. The van der Waals surface area contributed by atoms with Crippen molar-refractivity contribution < 1.29 is 4.52 Å². The fraction of sp³-hybridized carbons (Fsp3) is 0.462. The van der Waals surface area contributed by atoms with Crippen LogP contribution in [0.3, 0.4) is 0 Å². The number of hydrogen-bond donors (Lipinski definition) is 2. The van der Waals surface area contributed by atoms with Crippen molar-refractivity contribution in [3.05, 3.63) is 45.0 Å². The molecule has 0 saturated heterocycles. The van der Waals surface area contributed by atoms with Gasteiger partial charge in [-0.1, -0.05) is 5.16 Å². The summed E-state index contributed by atoms with van der Waals surface area (Å²) >= 11 is 0. The summed E-state index contributed by atoms with van der Waals surface area (Å²) in [6, 6.07) is 1.76. The number of aryl methyl sites for hydroxylation is 3. The normalized spacial score (nSPS) is 12.6. The summed E-state index contributed by atoms with van der Waals surface area (Å²) in [7, 11) is 0. The molecule has 2 heterocycles. The van der Waals surface area contributed by atoms with Gasteiger partial charge in [0.25, 0.3) is 5.56 Å². The minimum absolute atomic E-state index is 0.0960. The molecule has 19 heavy (non-hydrogen) atoms. The van der Waals surface area contributed by atoms with Crippen molar-refractivity contribution in [2.45, 2.75) is 40.3 Å². The van der Waals surface area contributed by atoms with Crippen molar-refractivity contribution in [2.75, 3.05) is 0 Å². The third kappa shape index (κ3) is 3.08. The van der Waals surface area contributed by atoms with Crippen LogP contribution in [0.15, 0.2) is 15.4 Å². The molecular weight excluding hydrogens is 244 g/mol. The van der Waals surface area contributed by atoms with Crippen LogP contribution in [0.1, 0.15) is 41.5 Å². The Labute approximate surface area is 111 Å². The van der Waals surface area contributed by atoms with Crippen molar-refractivity contribution >= 4 is 0 Å². The van der Waals surface area contributed by atoms with E-state index < -0.39 is 0 Å². The van der Waals surface area contributed by atoms with Crippen molar-refractivity contribution in [3.8, 4) is 0 Å². The molecule has 6 nitrogen and oxygen atoms in total. The maximum Gasteiger partial charge on any atom is 0.255 e. The molecular formula is C13H18N4O2. The van der Waals surface area contributed by atoms with Gasteiger partial charge in [-0.3, -0.25) is 4.79 Å². The Bertz CT molecular complexity index is 630. The summed E-state index contributed by atoms with van der Waals surface area (Å²) < 4.78 is 5.00. The first kappa shape index (κ1) is 13.5. The average molecular weight is 262 g/mol. The van der Waals surface area contributed by atoms with Gasteiger partial charge in [0.05, 0.1) is 11.3 Å². The molecule has 102 valence electrons. The second-order valence-corrected chi connectivity index (χ2v) is 4.68. The minimum atomic E-state index is -0.103. The van der Waals surface area contributed by atoms with Crippen LogP contribution in [0, 0.1) is 20.8 Å². The van der Waals surface area contributed by atoms with E-state index in [-0.39, 0.29) is 11.6 Å². The lowest BCUT2D eigenvalue weighted by molar-refractivity contribution is 0.386. The quantitative estimate of drug-likeness (QED) is 0.873. The average Bonchev–Trinajstić information content (AvgIpc) is 2.71. The Balaban J connectivity index is 2.12. The molecule has 0 spiro atoms. The monoisotopic (exact) mass is 262 g/mol. The Hall–Kier alpha value is -1.95. The highest BCUT2D eigenvalue weighted by atomic mass is 16.5. The number of nitrogens with one attached hydrogen (secondary N) is 2. The highest BCUT2D eigenvalue weighted by Crippen LogP contribution is 2.12. The molecule has 0 saturated carbocycles. The summed E-state index contributed by atoms with van der Waals surface area (Å²) in [6.45, 7) is 7.94. The number of H-pyrrole nitrogens is 1. The zero-order valence-corrected chi connectivity index (χ0v) is 11.6. The molecule has 6 heteroatoms. The van der Waals surface area contributed by atoms with Crippen LogP contribution in [0.2, 0.25) is 0 Å². The van der Waals surface area contributed by atoms with Gasteiger partial charge in [0.1, 0.15) is 11.6 Å². The van der Waals surface area contributed by atoms with Crippen LogP contribution < -0.4 is 10.9 Å². The third-order valence-electron chi connectivity index (χ3n) is 2.96. The van der Waals surface area contributed by atoms with E-state index in [9.17, 15) is 4.79 Å². The molecule has 2 aromatic heterocycles.